The summed E-state index contributed by atoms with van der Waals surface area (Å²) in [5.41, 5.74) is 1.77. The zero-order valence-corrected chi connectivity index (χ0v) is 22.5. The van der Waals surface area contributed by atoms with E-state index in [4.69, 9.17) is 39.5 Å². The Balaban J connectivity index is 1.54. The second kappa shape index (κ2) is 11.8. The molecule has 1 aromatic carbocycles. The third-order valence-electron chi connectivity index (χ3n) is 5.19. The lowest BCUT2D eigenvalue weighted by Crippen LogP contribution is -2.16. The summed E-state index contributed by atoms with van der Waals surface area (Å²) < 4.78 is 7.51. The van der Waals surface area contributed by atoms with Gasteiger partial charge in [-0.3, -0.25) is 4.79 Å². The number of pyridine rings is 1. The molecule has 0 aliphatic rings. The summed E-state index contributed by atoms with van der Waals surface area (Å²) in [6.07, 6.45) is 5.11. The van der Waals surface area contributed by atoms with Crippen LogP contribution >= 0.6 is 46.1 Å². The minimum Gasteiger partial charge on any atom is -0.495 e. The Morgan fingerprint density at radius 3 is 2.69 bits per heavy atom. The average Bonchev–Trinajstić information content (AvgIpc) is 3.45. The standard InChI is InChI=1S/C24H23Cl3N6O2S/c1-3-28-24-29-6-7-33(24)12-14-13-36-19(21(14)27)11-31-22-17(8-16(26)9-18(22)35-2)23(34)32-20-5-4-15(25)10-30-20/h4-10,13,31H,3,11-12H2,1-2H3,(H,28,29)(H,30,32,34). The van der Waals surface area contributed by atoms with Crippen LogP contribution in [0.2, 0.25) is 15.1 Å². The Morgan fingerprint density at radius 2 is 1.97 bits per heavy atom. The molecule has 12 heteroatoms. The number of anilines is 3. The fourth-order valence-electron chi connectivity index (χ4n) is 3.50. The molecular formula is C24H23Cl3N6O2S. The molecule has 4 rings (SSSR count). The number of halogens is 3. The second-order valence-corrected chi connectivity index (χ2v) is 9.82. The lowest BCUT2D eigenvalue weighted by molar-refractivity contribution is 0.102. The van der Waals surface area contributed by atoms with E-state index >= 15 is 0 Å². The van der Waals surface area contributed by atoms with Crippen molar-refractivity contribution in [2.24, 2.45) is 0 Å². The minimum absolute atomic E-state index is 0.303. The monoisotopic (exact) mass is 564 g/mol. The van der Waals surface area contributed by atoms with E-state index in [2.05, 4.69) is 25.9 Å². The van der Waals surface area contributed by atoms with Gasteiger partial charge in [0.25, 0.3) is 5.91 Å². The summed E-state index contributed by atoms with van der Waals surface area (Å²) in [5.74, 6) is 1.17. The van der Waals surface area contributed by atoms with Crippen molar-refractivity contribution in [1.82, 2.24) is 14.5 Å². The van der Waals surface area contributed by atoms with Crippen molar-refractivity contribution in [2.75, 3.05) is 29.6 Å². The van der Waals surface area contributed by atoms with Gasteiger partial charge in [-0.25, -0.2) is 9.97 Å². The van der Waals surface area contributed by atoms with Crippen LogP contribution < -0.4 is 20.7 Å². The van der Waals surface area contributed by atoms with Crippen LogP contribution in [0.1, 0.15) is 27.7 Å². The van der Waals surface area contributed by atoms with Gasteiger partial charge in [0, 0.05) is 46.7 Å². The number of hydrogen-bond acceptors (Lipinski definition) is 7. The zero-order valence-electron chi connectivity index (χ0n) is 19.4. The maximum absolute atomic E-state index is 13.1. The van der Waals surface area contributed by atoms with Crippen LogP contribution in [-0.2, 0) is 13.1 Å². The molecule has 0 atom stereocenters. The molecule has 0 spiro atoms. The number of imidazole rings is 1. The van der Waals surface area contributed by atoms with Crippen LogP contribution in [0.3, 0.4) is 0 Å². The van der Waals surface area contributed by atoms with Crippen LogP contribution in [0.25, 0.3) is 0 Å². The first-order valence-electron chi connectivity index (χ1n) is 10.9. The topological polar surface area (TPSA) is 93.1 Å². The number of methoxy groups -OCH3 is 1. The van der Waals surface area contributed by atoms with Gasteiger partial charge in [0.05, 0.1) is 41.5 Å². The van der Waals surface area contributed by atoms with E-state index in [0.29, 0.717) is 51.0 Å². The lowest BCUT2D eigenvalue weighted by Gasteiger charge is -2.16. The Hall–Kier alpha value is -2.98. The molecule has 0 aliphatic carbocycles. The maximum Gasteiger partial charge on any atom is 0.259 e. The number of hydrogen-bond donors (Lipinski definition) is 3. The molecule has 8 nitrogen and oxygen atoms in total. The number of aromatic nitrogens is 3. The highest BCUT2D eigenvalue weighted by atomic mass is 35.5. The number of ether oxygens (including phenoxy) is 1. The summed E-state index contributed by atoms with van der Waals surface area (Å²) >= 11 is 20.4. The number of thiophene rings is 1. The third kappa shape index (κ3) is 6.04. The van der Waals surface area contributed by atoms with Crippen molar-refractivity contribution < 1.29 is 9.53 Å². The largest absolute Gasteiger partial charge is 0.495 e. The number of nitrogens with zero attached hydrogens (tertiary/aromatic N) is 3. The van der Waals surface area contributed by atoms with E-state index in [0.717, 1.165) is 22.9 Å². The molecule has 0 aliphatic heterocycles. The van der Waals surface area contributed by atoms with Gasteiger partial charge < -0.3 is 25.3 Å². The highest BCUT2D eigenvalue weighted by molar-refractivity contribution is 7.10. The van der Waals surface area contributed by atoms with E-state index in [1.54, 1.807) is 30.5 Å². The first-order valence-corrected chi connectivity index (χ1v) is 12.9. The molecule has 3 aromatic heterocycles. The summed E-state index contributed by atoms with van der Waals surface area (Å²) in [7, 11) is 1.52. The maximum atomic E-state index is 13.1. The SMILES string of the molecule is CCNc1nccn1Cc1csc(CNc2c(OC)cc(Cl)cc2C(=O)Nc2ccc(Cl)cn2)c1Cl. The van der Waals surface area contributed by atoms with Crippen molar-refractivity contribution in [3.8, 4) is 5.75 Å². The number of rotatable bonds is 10. The average molecular weight is 566 g/mol. The summed E-state index contributed by atoms with van der Waals surface area (Å²) in [5, 5.41) is 12.8. The summed E-state index contributed by atoms with van der Waals surface area (Å²) in [6.45, 7) is 3.76. The molecule has 0 fully saturated rings. The molecule has 3 N–H and O–H groups in total. The van der Waals surface area contributed by atoms with Crippen molar-refractivity contribution in [3.63, 3.8) is 0 Å². The molecule has 4 aromatic rings. The van der Waals surface area contributed by atoms with Gasteiger partial charge in [0.1, 0.15) is 11.6 Å². The Bertz CT molecular complexity index is 1360. The molecule has 1 amide bonds. The fraction of sp³-hybridized carbons (Fsp3) is 0.208. The van der Waals surface area contributed by atoms with Gasteiger partial charge in [-0.15, -0.1) is 11.3 Å². The van der Waals surface area contributed by atoms with Crippen LogP contribution in [0.5, 0.6) is 5.75 Å². The molecule has 0 radical (unpaired) electrons. The Labute approximate surface area is 227 Å². The van der Waals surface area contributed by atoms with E-state index in [1.165, 1.54) is 24.6 Å². The predicted octanol–water partition coefficient (Wildman–Crippen LogP) is 6.65. The van der Waals surface area contributed by atoms with Crippen molar-refractivity contribution in [1.29, 1.82) is 0 Å². The van der Waals surface area contributed by atoms with Gasteiger partial charge in [-0.05, 0) is 30.5 Å². The highest BCUT2D eigenvalue weighted by Crippen LogP contribution is 2.35. The molecule has 0 saturated heterocycles. The number of benzene rings is 1. The van der Waals surface area contributed by atoms with Gasteiger partial charge in [-0.1, -0.05) is 34.8 Å². The molecule has 188 valence electrons. The predicted molar refractivity (Wildman–Crippen MR) is 147 cm³/mol. The van der Waals surface area contributed by atoms with E-state index in [9.17, 15) is 4.79 Å². The zero-order chi connectivity index (χ0) is 25.7. The third-order valence-corrected chi connectivity index (χ3v) is 7.25. The lowest BCUT2D eigenvalue weighted by atomic mass is 10.1. The number of nitrogens with one attached hydrogen (secondary N) is 3. The molecular weight excluding hydrogens is 543 g/mol. The van der Waals surface area contributed by atoms with E-state index < -0.39 is 5.91 Å². The fourth-order valence-corrected chi connectivity index (χ4v) is 5.07. The van der Waals surface area contributed by atoms with Crippen molar-refractivity contribution in [2.45, 2.75) is 20.0 Å². The minimum atomic E-state index is -0.401. The quantitative estimate of drug-likeness (QED) is 0.199. The van der Waals surface area contributed by atoms with Gasteiger partial charge in [0.2, 0.25) is 5.95 Å². The van der Waals surface area contributed by atoms with E-state index in [1.807, 2.05) is 23.1 Å². The van der Waals surface area contributed by atoms with Crippen molar-refractivity contribution in [3.05, 3.63) is 79.3 Å². The van der Waals surface area contributed by atoms with Crippen LogP contribution in [0.15, 0.2) is 48.2 Å². The second-order valence-electron chi connectivity index (χ2n) is 7.61. The molecule has 36 heavy (non-hydrogen) atoms. The van der Waals surface area contributed by atoms with Crippen LogP contribution in [0, 0.1) is 0 Å². The van der Waals surface area contributed by atoms with E-state index in [-0.39, 0.29) is 0 Å². The van der Waals surface area contributed by atoms with Crippen molar-refractivity contribution >= 4 is 69.5 Å². The van der Waals surface area contributed by atoms with Crippen LogP contribution in [-0.4, -0.2) is 34.1 Å². The first kappa shape index (κ1) is 26.1. The van der Waals surface area contributed by atoms with Gasteiger partial charge in [0.15, 0.2) is 0 Å². The first-order chi connectivity index (χ1) is 17.4. The molecule has 3 heterocycles. The normalized spacial score (nSPS) is 10.8. The Morgan fingerprint density at radius 1 is 1.14 bits per heavy atom. The molecule has 0 unspecified atom stereocenters. The summed E-state index contributed by atoms with van der Waals surface area (Å²) in [6, 6.07) is 6.47. The number of carbonyl (C=O) groups is 1. The van der Waals surface area contributed by atoms with Gasteiger partial charge in [-0.2, -0.15) is 0 Å². The van der Waals surface area contributed by atoms with Crippen LogP contribution in [0.4, 0.5) is 17.5 Å². The van der Waals surface area contributed by atoms with Gasteiger partial charge >= 0.3 is 0 Å². The molecule has 0 saturated carbocycles. The molecule has 0 bridgehead atoms. The number of carbonyl (C=O) groups excluding carboxylic acids is 1. The smallest absolute Gasteiger partial charge is 0.259 e. The number of amides is 1. The summed E-state index contributed by atoms with van der Waals surface area (Å²) in [4.78, 5) is 22.5. The highest BCUT2D eigenvalue weighted by Gasteiger charge is 2.19. The Kier molecular flexibility index (Phi) is 8.58.